The average molecular weight is 217 g/mol. The van der Waals surface area contributed by atoms with Crippen molar-refractivity contribution in [1.82, 2.24) is 10.1 Å². The van der Waals surface area contributed by atoms with Crippen LogP contribution in [0.15, 0.2) is 22.7 Å². The molecule has 0 fully saturated rings. The Morgan fingerprint density at radius 3 is 2.88 bits per heavy atom. The fourth-order valence-electron chi connectivity index (χ4n) is 1.51. The fourth-order valence-corrected chi connectivity index (χ4v) is 1.51. The van der Waals surface area contributed by atoms with E-state index in [1.807, 2.05) is 25.1 Å². The second-order valence-electron chi connectivity index (χ2n) is 3.84. The minimum Gasteiger partial charge on any atom is -0.399 e. The van der Waals surface area contributed by atoms with E-state index in [1.54, 1.807) is 0 Å². The van der Waals surface area contributed by atoms with E-state index in [2.05, 4.69) is 17.1 Å². The Morgan fingerprint density at radius 1 is 1.38 bits per heavy atom. The van der Waals surface area contributed by atoms with Gasteiger partial charge in [0.25, 0.3) is 5.89 Å². The standard InChI is InChI=1S/C12H15N3O/c1-3-4-11-14-12(16-15-11)9-5-6-10(13)8(2)7-9/h5-7H,3-4,13H2,1-2H3. The van der Waals surface area contributed by atoms with Gasteiger partial charge in [-0.1, -0.05) is 12.1 Å². The van der Waals surface area contributed by atoms with Crippen LogP contribution in [0, 0.1) is 6.92 Å². The number of anilines is 1. The summed E-state index contributed by atoms with van der Waals surface area (Å²) in [6.45, 7) is 4.05. The SMILES string of the molecule is CCCc1noc(-c2ccc(N)c(C)c2)n1. The van der Waals surface area contributed by atoms with Gasteiger partial charge in [0.1, 0.15) is 0 Å². The van der Waals surface area contributed by atoms with Gasteiger partial charge >= 0.3 is 0 Å². The quantitative estimate of drug-likeness (QED) is 0.802. The molecule has 0 amide bonds. The number of hydrogen-bond acceptors (Lipinski definition) is 4. The zero-order valence-corrected chi connectivity index (χ0v) is 9.53. The summed E-state index contributed by atoms with van der Waals surface area (Å²) >= 11 is 0. The number of nitrogens with zero attached hydrogens (tertiary/aromatic N) is 2. The maximum Gasteiger partial charge on any atom is 0.257 e. The molecule has 16 heavy (non-hydrogen) atoms. The van der Waals surface area contributed by atoms with Crippen LogP contribution in [0.3, 0.4) is 0 Å². The largest absolute Gasteiger partial charge is 0.399 e. The molecular formula is C12H15N3O. The topological polar surface area (TPSA) is 64.9 Å². The number of rotatable bonds is 3. The van der Waals surface area contributed by atoms with Gasteiger partial charge in [-0.05, 0) is 37.1 Å². The van der Waals surface area contributed by atoms with Crippen molar-refractivity contribution >= 4 is 5.69 Å². The molecule has 1 aromatic carbocycles. The summed E-state index contributed by atoms with van der Waals surface area (Å²) in [4.78, 5) is 4.32. The molecule has 84 valence electrons. The van der Waals surface area contributed by atoms with Gasteiger partial charge in [-0.25, -0.2) is 0 Å². The lowest BCUT2D eigenvalue weighted by molar-refractivity contribution is 0.422. The molecule has 4 nitrogen and oxygen atoms in total. The molecule has 0 saturated heterocycles. The van der Waals surface area contributed by atoms with E-state index in [9.17, 15) is 0 Å². The summed E-state index contributed by atoms with van der Waals surface area (Å²) in [5, 5.41) is 3.92. The number of nitrogens with two attached hydrogens (primary N) is 1. The van der Waals surface area contributed by atoms with Crippen LogP contribution in [0.5, 0.6) is 0 Å². The van der Waals surface area contributed by atoms with Gasteiger partial charge in [0.05, 0.1) is 0 Å². The third kappa shape index (κ3) is 2.05. The molecule has 0 atom stereocenters. The predicted molar refractivity (Wildman–Crippen MR) is 62.9 cm³/mol. The Hall–Kier alpha value is -1.84. The van der Waals surface area contributed by atoms with E-state index < -0.39 is 0 Å². The monoisotopic (exact) mass is 217 g/mol. The summed E-state index contributed by atoms with van der Waals surface area (Å²) in [6, 6.07) is 5.71. The molecule has 2 aromatic rings. The molecule has 0 saturated carbocycles. The summed E-state index contributed by atoms with van der Waals surface area (Å²) in [5.74, 6) is 1.32. The van der Waals surface area contributed by atoms with E-state index in [-0.39, 0.29) is 0 Å². The third-order valence-corrected chi connectivity index (χ3v) is 2.46. The van der Waals surface area contributed by atoms with Crippen molar-refractivity contribution in [3.8, 4) is 11.5 Å². The fraction of sp³-hybridized carbons (Fsp3) is 0.333. The summed E-state index contributed by atoms with van der Waals surface area (Å²) in [6.07, 6.45) is 1.86. The highest BCUT2D eigenvalue weighted by Gasteiger charge is 2.08. The molecule has 0 radical (unpaired) electrons. The van der Waals surface area contributed by atoms with Gasteiger partial charge in [0, 0.05) is 17.7 Å². The van der Waals surface area contributed by atoms with Crippen LogP contribution >= 0.6 is 0 Å². The molecule has 1 aromatic heterocycles. The lowest BCUT2D eigenvalue weighted by Crippen LogP contribution is -1.90. The second-order valence-corrected chi connectivity index (χ2v) is 3.84. The molecule has 0 bridgehead atoms. The predicted octanol–water partition coefficient (Wildman–Crippen LogP) is 2.58. The van der Waals surface area contributed by atoms with Crippen LogP contribution in [0.25, 0.3) is 11.5 Å². The number of hydrogen-bond donors (Lipinski definition) is 1. The van der Waals surface area contributed by atoms with Crippen LogP contribution in [0.1, 0.15) is 24.7 Å². The molecule has 0 aliphatic carbocycles. The smallest absolute Gasteiger partial charge is 0.257 e. The van der Waals surface area contributed by atoms with Crippen molar-refractivity contribution in [2.75, 3.05) is 5.73 Å². The third-order valence-electron chi connectivity index (χ3n) is 2.46. The summed E-state index contributed by atoms with van der Waals surface area (Å²) in [7, 11) is 0. The van der Waals surface area contributed by atoms with Crippen LogP contribution in [0.4, 0.5) is 5.69 Å². The van der Waals surface area contributed by atoms with Gasteiger partial charge in [-0.15, -0.1) is 0 Å². The molecule has 2 rings (SSSR count). The van der Waals surface area contributed by atoms with E-state index in [0.717, 1.165) is 35.5 Å². The highest BCUT2D eigenvalue weighted by Crippen LogP contribution is 2.21. The van der Waals surface area contributed by atoms with Crippen molar-refractivity contribution in [3.63, 3.8) is 0 Å². The van der Waals surface area contributed by atoms with Crippen LogP contribution in [-0.2, 0) is 6.42 Å². The number of aromatic nitrogens is 2. The van der Waals surface area contributed by atoms with Gasteiger partial charge < -0.3 is 10.3 Å². The Balaban J connectivity index is 2.31. The normalized spacial score (nSPS) is 10.6. The van der Waals surface area contributed by atoms with Gasteiger partial charge in [0.15, 0.2) is 5.82 Å². The lowest BCUT2D eigenvalue weighted by atomic mass is 10.1. The highest BCUT2D eigenvalue weighted by molar-refractivity contribution is 5.60. The number of nitrogen functional groups attached to an aromatic ring is 1. The van der Waals surface area contributed by atoms with Gasteiger partial charge in [0.2, 0.25) is 0 Å². The molecule has 4 heteroatoms. The Labute approximate surface area is 94.5 Å². The van der Waals surface area contributed by atoms with Gasteiger partial charge in [-0.3, -0.25) is 0 Å². The lowest BCUT2D eigenvalue weighted by Gasteiger charge is -2.00. The van der Waals surface area contributed by atoms with E-state index in [1.165, 1.54) is 0 Å². The van der Waals surface area contributed by atoms with E-state index in [0.29, 0.717) is 5.89 Å². The molecule has 0 aliphatic rings. The average Bonchev–Trinajstić information content (AvgIpc) is 2.71. The van der Waals surface area contributed by atoms with E-state index in [4.69, 9.17) is 10.3 Å². The first-order chi connectivity index (χ1) is 7.70. The number of benzene rings is 1. The Kier molecular flexibility index (Phi) is 2.90. The zero-order chi connectivity index (χ0) is 11.5. The van der Waals surface area contributed by atoms with Crippen LogP contribution < -0.4 is 5.73 Å². The maximum absolute atomic E-state index is 5.75. The van der Waals surface area contributed by atoms with Crippen molar-refractivity contribution in [2.45, 2.75) is 26.7 Å². The molecule has 1 heterocycles. The van der Waals surface area contributed by atoms with E-state index >= 15 is 0 Å². The Morgan fingerprint density at radius 2 is 2.19 bits per heavy atom. The molecule has 0 spiro atoms. The van der Waals surface area contributed by atoms with Crippen molar-refractivity contribution in [2.24, 2.45) is 0 Å². The zero-order valence-electron chi connectivity index (χ0n) is 9.53. The highest BCUT2D eigenvalue weighted by atomic mass is 16.5. The maximum atomic E-state index is 5.75. The molecular weight excluding hydrogens is 202 g/mol. The summed E-state index contributed by atoms with van der Waals surface area (Å²) in [5.41, 5.74) is 8.47. The second kappa shape index (κ2) is 4.35. The minimum absolute atomic E-state index is 0.562. The minimum atomic E-state index is 0.562. The van der Waals surface area contributed by atoms with Crippen LogP contribution in [0.2, 0.25) is 0 Å². The molecule has 0 aliphatic heterocycles. The molecule has 2 N–H and O–H groups in total. The first-order valence-corrected chi connectivity index (χ1v) is 5.39. The van der Waals surface area contributed by atoms with Crippen molar-refractivity contribution < 1.29 is 4.52 Å². The van der Waals surface area contributed by atoms with Crippen LogP contribution in [-0.4, -0.2) is 10.1 Å². The number of aryl methyl sites for hydroxylation is 2. The van der Waals surface area contributed by atoms with Gasteiger partial charge in [-0.2, -0.15) is 4.98 Å². The van der Waals surface area contributed by atoms with Crippen molar-refractivity contribution in [3.05, 3.63) is 29.6 Å². The first-order valence-electron chi connectivity index (χ1n) is 5.39. The Bertz CT molecular complexity index is 491. The first kappa shape index (κ1) is 10.7. The summed E-state index contributed by atoms with van der Waals surface area (Å²) < 4.78 is 5.20. The molecule has 0 unspecified atom stereocenters. The van der Waals surface area contributed by atoms with Crippen molar-refractivity contribution in [1.29, 1.82) is 0 Å².